The maximum atomic E-state index is 13.3. The zero-order valence-electron chi connectivity index (χ0n) is 17.9. The molecular formula is C25H21BrClFN2O4. The van der Waals surface area contributed by atoms with Crippen molar-refractivity contribution < 1.29 is 23.5 Å². The molecule has 0 spiro atoms. The molecule has 1 heterocycles. The van der Waals surface area contributed by atoms with Crippen LogP contribution in [0.15, 0.2) is 65.1 Å². The second-order valence-electron chi connectivity index (χ2n) is 7.71. The second-order valence-corrected chi connectivity index (χ2v) is 8.97. The van der Waals surface area contributed by atoms with E-state index in [1.165, 1.54) is 18.2 Å². The van der Waals surface area contributed by atoms with E-state index in [9.17, 15) is 14.0 Å². The highest BCUT2D eigenvalue weighted by Crippen LogP contribution is 2.28. The fourth-order valence-corrected chi connectivity index (χ4v) is 4.11. The number of benzene rings is 3. The Hall–Kier alpha value is -2.94. The first-order valence-electron chi connectivity index (χ1n) is 10.6. The highest BCUT2D eigenvalue weighted by molar-refractivity contribution is 9.10. The molecule has 9 heteroatoms. The number of halogens is 3. The molecule has 1 aliphatic heterocycles. The predicted octanol–water partition coefficient (Wildman–Crippen LogP) is 6.30. The van der Waals surface area contributed by atoms with Gasteiger partial charge in [0.05, 0.1) is 15.6 Å². The molecule has 1 saturated heterocycles. The van der Waals surface area contributed by atoms with Crippen molar-refractivity contribution in [2.45, 2.75) is 18.9 Å². The van der Waals surface area contributed by atoms with Crippen LogP contribution >= 0.6 is 27.5 Å². The summed E-state index contributed by atoms with van der Waals surface area (Å²) in [6.07, 6.45) is 2.12. The summed E-state index contributed by atoms with van der Waals surface area (Å²) >= 11 is 9.21. The highest BCUT2D eigenvalue weighted by Gasteiger charge is 2.17. The smallest absolute Gasteiger partial charge is 0.255 e. The number of rotatable bonds is 7. The summed E-state index contributed by atoms with van der Waals surface area (Å²) in [6, 6.07) is 15.5. The van der Waals surface area contributed by atoms with Gasteiger partial charge in [-0.2, -0.15) is 0 Å². The number of carbonyl (C=O) groups is 2. The molecule has 1 fully saturated rings. The SMILES string of the molecule is O=C(Nc1ccc(F)c(Cl)c1)c1cccc(NC(=O)c2ccc(OCC3CCCO3)c(Br)c2)c1. The molecule has 1 aliphatic rings. The van der Waals surface area contributed by atoms with E-state index in [1.54, 1.807) is 42.5 Å². The molecule has 0 bridgehead atoms. The van der Waals surface area contributed by atoms with Crippen molar-refractivity contribution in [3.05, 3.63) is 87.1 Å². The van der Waals surface area contributed by atoms with Crippen molar-refractivity contribution in [2.24, 2.45) is 0 Å². The van der Waals surface area contributed by atoms with Crippen molar-refractivity contribution in [1.82, 2.24) is 0 Å². The molecule has 34 heavy (non-hydrogen) atoms. The predicted molar refractivity (Wildman–Crippen MR) is 132 cm³/mol. The van der Waals surface area contributed by atoms with E-state index in [2.05, 4.69) is 26.6 Å². The minimum Gasteiger partial charge on any atom is -0.490 e. The summed E-state index contributed by atoms with van der Waals surface area (Å²) in [5.74, 6) is -0.700. The molecule has 0 radical (unpaired) electrons. The van der Waals surface area contributed by atoms with Crippen LogP contribution in [-0.2, 0) is 4.74 Å². The number of anilines is 2. The molecule has 0 aliphatic carbocycles. The largest absolute Gasteiger partial charge is 0.490 e. The van der Waals surface area contributed by atoms with Gasteiger partial charge in [-0.05, 0) is 83.4 Å². The molecular weight excluding hydrogens is 527 g/mol. The van der Waals surface area contributed by atoms with Crippen LogP contribution in [0.5, 0.6) is 5.75 Å². The van der Waals surface area contributed by atoms with Gasteiger partial charge < -0.3 is 20.1 Å². The van der Waals surface area contributed by atoms with Crippen LogP contribution in [0, 0.1) is 5.82 Å². The van der Waals surface area contributed by atoms with E-state index in [4.69, 9.17) is 21.1 Å². The molecule has 1 atom stereocenters. The van der Waals surface area contributed by atoms with Crippen LogP contribution in [0.2, 0.25) is 5.02 Å². The second kappa shape index (κ2) is 11.0. The Balaban J connectivity index is 1.39. The van der Waals surface area contributed by atoms with Gasteiger partial charge in [-0.1, -0.05) is 17.7 Å². The Bertz CT molecular complexity index is 1220. The molecule has 0 saturated carbocycles. The van der Waals surface area contributed by atoms with Gasteiger partial charge in [-0.15, -0.1) is 0 Å². The third-order valence-electron chi connectivity index (χ3n) is 5.20. The van der Waals surface area contributed by atoms with E-state index < -0.39 is 11.7 Å². The van der Waals surface area contributed by atoms with Crippen molar-refractivity contribution >= 4 is 50.7 Å². The van der Waals surface area contributed by atoms with Gasteiger partial charge in [0.1, 0.15) is 18.2 Å². The van der Waals surface area contributed by atoms with E-state index in [0.29, 0.717) is 39.3 Å². The van der Waals surface area contributed by atoms with E-state index in [0.717, 1.165) is 19.4 Å². The fourth-order valence-electron chi connectivity index (χ4n) is 3.44. The standard InChI is InChI=1S/C25H21BrClFN2O4/c26-20-12-16(6-9-23(20)34-14-19-5-2-10-33-19)25(32)29-17-4-1-3-15(11-17)24(31)30-18-7-8-22(28)21(27)13-18/h1,3-4,6-9,11-13,19H,2,5,10,14H2,(H,29,32)(H,30,31). The summed E-state index contributed by atoms with van der Waals surface area (Å²) in [7, 11) is 0. The van der Waals surface area contributed by atoms with E-state index in [-0.39, 0.29) is 17.0 Å². The zero-order chi connectivity index (χ0) is 24.1. The number of carbonyl (C=O) groups excluding carboxylic acids is 2. The van der Waals surface area contributed by atoms with Gasteiger partial charge >= 0.3 is 0 Å². The topological polar surface area (TPSA) is 76.7 Å². The number of nitrogens with one attached hydrogen (secondary N) is 2. The summed E-state index contributed by atoms with van der Waals surface area (Å²) < 4.78 is 25.3. The maximum Gasteiger partial charge on any atom is 0.255 e. The lowest BCUT2D eigenvalue weighted by Gasteiger charge is -2.13. The Morgan fingerprint density at radius 3 is 2.44 bits per heavy atom. The zero-order valence-corrected chi connectivity index (χ0v) is 20.3. The summed E-state index contributed by atoms with van der Waals surface area (Å²) in [4.78, 5) is 25.3. The molecule has 6 nitrogen and oxygen atoms in total. The van der Waals surface area contributed by atoms with Crippen LogP contribution in [0.4, 0.5) is 15.8 Å². The van der Waals surface area contributed by atoms with Crippen LogP contribution < -0.4 is 15.4 Å². The molecule has 3 aromatic carbocycles. The minimum atomic E-state index is -0.571. The molecule has 1 unspecified atom stereocenters. The molecule has 2 N–H and O–H groups in total. The lowest BCUT2D eigenvalue weighted by Crippen LogP contribution is -2.17. The monoisotopic (exact) mass is 546 g/mol. The highest BCUT2D eigenvalue weighted by atomic mass is 79.9. The van der Waals surface area contributed by atoms with E-state index >= 15 is 0 Å². The maximum absolute atomic E-state index is 13.3. The fraction of sp³-hybridized carbons (Fsp3) is 0.200. The first-order valence-corrected chi connectivity index (χ1v) is 11.8. The quantitative estimate of drug-likeness (QED) is 0.364. The van der Waals surface area contributed by atoms with Crippen molar-refractivity contribution in [3.8, 4) is 5.75 Å². The minimum absolute atomic E-state index is 0.0896. The molecule has 176 valence electrons. The summed E-state index contributed by atoms with van der Waals surface area (Å²) in [5, 5.41) is 5.35. The lowest BCUT2D eigenvalue weighted by atomic mass is 10.1. The van der Waals surface area contributed by atoms with Gasteiger partial charge in [0.2, 0.25) is 0 Å². The van der Waals surface area contributed by atoms with Crippen molar-refractivity contribution in [2.75, 3.05) is 23.8 Å². The third-order valence-corrected chi connectivity index (χ3v) is 6.11. The van der Waals surface area contributed by atoms with Crippen LogP contribution in [-0.4, -0.2) is 31.1 Å². The molecule has 2 amide bonds. The average molecular weight is 548 g/mol. The van der Waals surface area contributed by atoms with Crippen LogP contribution in [0.1, 0.15) is 33.6 Å². The van der Waals surface area contributed by atoms with Gasteiger partial charge in [0.25, 0.3) is 11.8 Å². The first kappa shape index (κ1) is 24.2. The number of amides is 2. The lowest BCUT2D eigenvalue weighted by molar-refractivity contribution is 0.0677. The Morgan fingerprint density at radius 2 is 1.76 bits per heavy atom. The van der Waals surface area contributed by atoms with Crippen LogP contribution in [0.3, 0.4) is 0 Å². The van der Waals surface area contributed by atoms with Crippen LogP contribution in [0.25, 0.3) is 0 Å². The average Bonchev–Trinajstić information content (AvgIpc) is 3.34. The third kappa shape index (κ3) is 6.14. The Morgan fingerprint density at radius 1 is 1.03 bits per heavy atom. The number of ether oxygens (including phenoxy) is 2. The Kier molecular flexibility index (Phi) is 7.82. The Labute approximate surface area is 209 Å². The summed E-state index contributed by atoms with van der Waals surface area (Å²) in [5.41, 5.74) is 1.55. The van der Waals surface area contributed by atoms with Crippen molar-refractivity contribution in [3.63, 3.8) is 0 Å². The number of hydrogen-bond donors (Lipinski definition) is 2. The molecule has 0 aromatic heterocycles. The van der Waals surface area contributed by atoms with Gasteiger partial charge in [0.15, 0.2) is 0 Å². The van der Waals surface area contributed by atoms with Gasteiger partial charge in [-0.25, -0.2) is 4.39 Å². The normalized spacial score (nSPS) is 15.1. The van der Waals surface area contributed by atoms with Gasteiger partial charge in [-0.3, -0.25) is 9.59 Å². The first-order chi connectivity index (χ1) is 16.4. The molecule has 4 rings (SSSR count). The molecule has 3 aromatic rings. The summed E-state index contributed by atoms with van der Waals surface area (Å²) in [6.45, 7) is 1.22. The van der Waals surface area contributed by atoms with E-state index in [1.807, 2.05) is 0 Å². The van der Waals surface area contributed by atoms with Gasteiger partial charge in [0, 0.05) is 29.1 Å². The number of hydrogen-bond acceptors (Lipinski definition) is 4. The van der Waals surface area contributed by atoms with Crippen molar-refractivity contribution in [1.29, 1.82) is 0 Å².